The van der Waals surface area contributed by atoms with Crippen LogP contribution in [0.3, 0.4) is 0 Å². The van der Waals surface area contributed by atoms with Crippen molar-refractivity contribution in [2.45, 2.75) is 64.5 Å². The number of benzene rings is 4. The molecular formula is C42H52O4Si2. The van der Waals surface area contributed by atoms with Crippen molar-refractivity contribution in [1.29, 1.82) is 0 Å². The highest BCUT2D eigenvalue weighted by Gasteiger charge is 2.53. The first kappa shape index (κ1) is 35.9. The predicted octanol–water partition coefficient (Wildman–Crippen LogP) is 6.80. The quantitative estimate of drug-likeness (QED) is 0.123. The molecule has 2 fully saturated rings. The highest BCUT2D eigenvalue weighted by Crippen LogP contribution is 2.42. The minimum Gasteiger partial charge on any atom is -0.407 e. The van der Waals surface area contributed by atoms with Gasteiger partial charge in [-0.1, -0.05) is 163 Å². The Hall–Kier alpha value is -3.43. The van der Waals surface area contributed by atoms with Crippen molar-refractivity contribution in [3.63, 3.8) is 0 Å². The van der Waals surface area contributed by atoms with Crippen LogP contribution in [0.25, 0.3) is 0 Å². The minimum absolute atomic E-state index is 0.00126. The van der Waals surface area contributed by atoms with Crippen LogP contribution in [0.2, 0.25) is 10.1 Å². The number of carbonyl (C=O) groups excluding carboxylic acids is 2. The SMILES string of the molecule is CC(C)(C)[Si](OC[C@@H]1C[C@@H]1C=O)(c1ccccc1)c1ccccc1.CC(C)(C)[Si](OC[C@H]1C[C@H]1C=O)(c1ccccc1)c1ccccc1. The molecule has 4 aromatic carbocycles. The van der Waals surface area contributed by atoms with Crippen LogP contribution < -0.4 is 20.7 Å². The van der Waals surface area contributed by atoms with E-state index in [1.165, 1.54) is 20.7 Å². The third kappa shape index (κ3) is 7.57. The Labute approximate surface area is 290 Å². The topological polar surface area (TPSA) is 52.6 Å². The summed E-state index contributed by atoms with van der Waals surface area (Å²) in [5, 5.41) is 5.20. The van der Waals surface area contributed by atoms with Crippen molar-refractivity contribution < 1.29 is 18.4 Å². The number of rotatable bonds is 12. The van der Waals surface area contributed by atoms with Gasteiger partial charge in [0, 0.05) is 25.0 Å². The maximum absolute atomic E-state index is 11.0. The van der Waals surface area contributed by atoms with Gasteiger partial charge < -0.3 is 18.4 Å². The monoisotopic (exact) mass is 676 g/mol. The Morgan fingerprint density at radius 3 is 0.938 bits per heavy atom. The lowest BCUT2D eigenvalue weighted by atomic mass is 10.2. The average Bonchev–Trinajstić information content (AvgIpc) is 4.02. The molecule has 4 nitrogen and oxygen atoms in total. The van der Waals surface area contributed by atoms with E-state index in [9.17, 15) is 9.59 Å². The first-order valence-electron chi connectivity index (χ1n) is 17.4. The van der Waals surface area contributed by atoms with E-state index in [-0.39, 0.29) is 21.9 Å². The second kappa shape index (κ2) is 15.0. The van der Waals surface area contributed by atoms with E-state index in [1.54, 1.807) is 0 Å². The lowest BCUT2D eigenvalue weighted by Gasteiger charge is -2.43. The minimum atomic E-state index is -2.43. The Bertz CT molecular complexity index is 1400. The summed E-state index contributed by atoms with van der Waals surface area (Å²) in [6.07, 6.45) is 4.11. The molecule has 0 amide bonds. The maximum Gasteiger partial charge on any atom is 0.261 e. The Balaban J connectivity index is 0.000000188. The van der Waals surface area contributed by atoms with Gasteiger partial charge in [-0.05, 0) is 55.5 Å². The smallest absolute Gasteiger partial charge is 0.261 e. The van der Waals surface area contributed by atoms with Crippen LogP contribution in [-0.2, 0) is 18.4 Å². The fourth-order valence-corrected chi connectivity index (χ4v) is 16.5. The summed E-state index contributed by atoms with van der Waals surface area (Å²) in [4.78, 5) is 22.0. The first-order valence-corrected chi connectivity index (χ1v) is 21.2. The molecule has 2 aliphatic carbocycles. The van der Waals surface area contributed by atoms with Gasteiger partial charge in [-0.15, -0.1) is 0 Å². The van der Waals surface area contributed by atoms with Crippen LogP contribution in [-0.4, -0.2) is 42.4 Å². The van der Waals surface area contributed by atoms with Crippen molar-refractivity contribution in [2.75, 3.05) is 13.2 Å². The zero-order valence-electron chi connectivity index (χ0n) is 29.5. The summed E-state index contributed by atoms with van der Waals surface area (Å²) in [5.74, 6) is 1.18. The summed E-state index contributed by atoms with van der Waals surface area (Å²) in [6, 6.07) is 42.6. The number of hydrogen-bond acceptors (Lipinski definition) is 4. The molecule has 4 aromatic rings. The van der Waals surface area contributed by atoms with Crippen molar-refractivity contribution >= 4 is 50.0 Å². The fourth-order valence-electron chi connectivity index (χ4n) is 7.25. The third-order valence-corrected chi connectivity index (χ3v) is 20.2. The highest BCUT2D eigenvalue weighted by molar-refractivity contribution is 7.00. The van der Waals surface area contributed by atoms with E-state index < -0.39 is 16.6 Å². The molecule has 4 atom stereocenters. The van der Waals surface area contributed by atoms with E-state index in [1.807, 2.05) is 0 Å². The van der Waals surface area contributed by atoms with E-state index in [0.29, 0.717) is 25.0 Å². The molecule has 2 saturated carbocycles. The third-order valence-electron chi connectivity index (χ3n) is 10.2. The molecule has 0 unspecified atom stereocenters. The second-order valence-corrected chi connectivity index (χ2v) is 24.2. The van der Waals surface area contributed by atoms with Gasteiger partial charge >= 0.3 is 0 Å². The van der Waals surface area contributed by atoms with Gasteiger partial charge in [0.1, 0.15) is 12.6 Å². The van der Waals surface area contributed by atoms with E-state index in [0.717, 1.165) is 25.4 Å². The molecule has 0 saturated heterocycles. The summed E-state index contributed by atoms with van der Waals surface area (Å²) in [7, 11) is -4.86. The average molecular weight is 677 g/mol. The normalized spacial score (nSPS) is 20.6. The molecule has 48 heavy (non-hydrogen) atoms. The van der Waals surface area contributed by atoms with Crippen LogP contribution in [0.15, 0.2) is 121 Å². The van der Waals surface area contributed by atoms with Gasteiger partial charge in [-0.3, -0.25) is 0 Å². The summed E-state index contributed by atoms with van der Waals surface area (Å²) in [6.45, 7) is 15.0. The zero-order chi connectivity index (χ0) is 34.4. The van der Waals surface area contributed by atoms with E-state index in [2.05, 4.69) is 163 Å². The highest BCUT2D eigenvalue weighted by atomic mass is 28.4. The summed E-state index contributed by atoms with van der Waals surface area (Å²) < 4.78 is 13.6. The predicted molar refractivity (Wildman–Crippen MR) is 202 cm³/mol. The molecule has 0 N–H and O–H groups in total. The van der Waals surface area contributed by atoms with Gasteiger partial charge in [-0.25, -0.2) is 0 Å². The van der Waals surface area contributed by atoms with Crippen LogP contribution in [0, 0.1) is 23.7 Å². The number of hydrogen-bond donors (Lipinski definition) is 0. The summed E-state index contributed by atoms with van der Waals surface area (Å²) in [5.41, 5.74) is 0. The Morgan fingerprint density at radius 1 is 0.500 bits per heavy atom. The van der Waals surface area contributed by atoms with Gasteiger partial charge in [-0.2, -0.15) is 0 Å². The van der Waals surface area contributed by atoms with Gasteiger partial charge in [0.25, 0.3) is 16.6 Å². The molecule has 252 valence electrons. The number of aldehydes is 2. The van der Waals surface area contributed by atoms with Crippen LogP contribution in [0.4, 0.5) is 0 Å². The molecule has 0 heterocycles. The zero-order valence-corrected chi connectivity index (χ0v) is 31.5. The van der Waals surface area contributed by atoms with Crippen LogP contribution in [0.1, 0.15) is 54.4 Å². The Kier molecular flexibility index (Phi) is 11.2. The lowest BCUT2D eigenvalue weighted by Crippen LogP contribution is -2.66. The molecular weight excluding hydrogens is 625 g/mol. The lowest BCUT2D eigenvalue weighted by molar-refractivity contribution is -0.109. The van der Waals surface area contributed by atoms with Gasteiger partial charge in [0.2, 0.25) is 0 Å². The largest absolute Gasteiger partial charge is 0.407 e. The van der Waals surface area contributed by atoms with Crippen LogP contribution >= 0.6 is 0 Å². The van der Waals surface area contributed by atoms with Crippen molar-refractivity contribution in [3.05, 3.63) is 121 Å². The van der Waals surface area contributed by atoms with Crippen molar-refractivity contribution in [2.24, 2.45) is 23.7 Å². The Morgan fingerprint density at radius 2 is 0.750 bits per heavy atom. The molecule has 6 heteroatoms. The van der Waals surface area contributed by atoms with Gasteiger partial charge in [0.15, 0.2) is 0 Å². The van der Waals surface area contributed by atoms with E-state index >= 15 is 0 Å². The fraction of sp³-hybridized carbons (Fsp3) is 0.381. The molecule has 2 aliphatic rings. The van der Waals surface area contributed by atoms with Gasteiger partial charge in [0.05, 0.1) is 0 Å². The molecule has 6 rings (SSSR count). The molecule has 0 spiro atoms. The second-order valence-electron chi connectivity index (χ2n) is 15.5. The standard InChI is InChI=1S/2C21H26O2Si/c2*1-21(2,3)24(19-10-6-4-7-11-19,20-12-8-5-9-13-20)23-16-18-14-17(18)15-22/h2*4-13,15,17-18H,14,16H2,1-3H3/t2*17-,18+/m10/s1. The van der Waals surface area contributed by atoms with E-state index in [4.69, 9.17) is 8.85 Å². The molecule has 0 bridgehead atoms. The molecule has 0 aliphatic heterocycles. The van der Waals surface area contributed by atoms with Crippen LogP contribution in [0.5, 0.6) is 0 Å². The number of carbonyl (C=O) groups is 2. The molecule has 0 aromatic heterocycles. The maximum atomic E-state index is 11.0. The van der Waals surface area contributed by atoms with Crippen molar-refractivity contribution in [3.8, 4) is 0 Å². The van der Waals surface area contributed by atoms with Crippen molar-refractivity contribution in [1.82, 2.24) is 0 Å². The molecule has 0 radical (unpaired) electrons. The first-order chi connectivity index (χ1) is 23.0. The summed E-state index contributed by atoms with van der Waals surface area (Å²) >= 11 is 0.